The van der Waals surface area contributed by atoms with E-state index in [4.69, 9.17) is 0 Å². The minimum absolute atomic E-state index is 0.139. The van der Waals surface area contributed by atoms with E-state index in [2.05, 4.69) is 27.8 Å². The minimum atomic E-state index is 0.139. The van der Waals surface area contributed by atoms with Gasteiger partial charge < -0.3 is 10.2 Å². The van der Waals surface area contributed by atoms with Crippen LogP contribution in [0.5, 0.6) is 0 Å². The van der Waals surface area contributed by atoms with Crippen LogP contribution in [0.15, 0.2) is 11.1 Å². The normalized spacial score (nSPS) is 12.3. The molecule has 0 aromatic rings. The van der Waals surface area contributed by atoms with Crippen molar-refractivity contribution >= 4 is 21.8 Å². The van der Waals surface area contributed by atoms with Crippen LogP contribution in [-0.2, 0) is 4.79 Å². The van der Waals surface area contributed by atoms with Crippen molar-refractivity contribution in [2.75, 3.05) is 20.6 Å². The first kappa shape index (κ1) is 12.7. The number of nitrogens with one attached hydrogen (secondary N) is 1. The number of hydrogen-bond donors (Lipinski definition) is 1. The molecule has 0 aliphatic rings. The molecule has 0 heterocycles. The molecule has 0 rings (SSSR count). The predicted molar refractivity (Wildman–Crippen MR) is 58.8 cm³/mol. The van der Waals surface area contributed by atoms with E-state index in [9.17, 15) is 4.79 Å². The Kier molecular flexibility index (Phi) is 5.99. The number of rotatable bonds is 5. The number of nitrogens with zero attached hydrogens (tertiary/aromatic N) is 1. The maximum absolute atomic E-state index is 11.2. The number of hydrogen-bond acceptors (Lipinski definition) is 2. The summed E-state index contributed by atoms with van der Waals surface area (Å²) >= 11 is 3.25. The van der Waals surface area contributed by atoms with Crippen LogP contribution in [0.4, 0.5) is 0 Å². The van der Waals surface area contributed by atoms with Gasteiger partial charge in [0.25, 0.3) is 0 Å². The molecule has 0 spiro atoms. The second-order valence-corrected chi connectivity index (χ2v) is 4.41. The lowest BCUT2D eigenvalue weighted by Crippen LogP contribution is -2.33. The number of carbonyl (C=O) groups is 1. The van der Waals surface area contributed by atoms with Gasteiger partial charge in [-0.05, 0) is 6.92 Å². The summed E-state index contributed by atoms with van der Waals surface area (Å²) in [5.74, 6) is 0.139. The molecule has 76 valence electrons. The summed E-state index contributed by atoms with van der Waals surface area (Å²) in [6.45, 7) is 6.38. The molecule has 0 saturated heterocycles. The lowest BCUT2D eigenvalue weighted by molar-refractivity contribution is -0.129. The molecule has 1 amide bonds. The zero-order chi connectivity index (χ0) is 10.4. The first-order chi connectivity index (χ1) is 5.93. The van der Waals surface area contributed by atoms with Crippen LogP contribution in [0.25, 0.3) is 0 Å². The maximum atomic E-state index is 11.2. The third kappa shape index (κ3) is 6.78. The fourth-order valence-electron chi connectivity index (χ4n) is 0.802. The molecule has 0 aliphatic carbocycles. The highest BCUT2D eigenvalue weighted by Crippen LogP contribution is 2.00. The summed E-state index contributed by atoms with van der Waals surface area (Å²) in [5, 5.41) is 3.17. The molecule has 1 N–H and O–H groups in total. The molecule has 13 heavy (non-hydrogen) atoms. The highest BCUT2D eigenvalue weighted by Gasteiger charge is 2.09. The van der Waals surface area contributed by atoms with Crippen molar-refractivity contribution in [2.24, 2.45) is 0 Å². The summed E-state index contributed by atoms with van der Waals surface area (Å²) in [5.41, 5.74) is 0. The van der Waals surface area contributed by atoms with E-state index in [0.29, 0.717) is 13.0 Å². The maximum Gasteiger partial charge on any atom is 0.223 e. The third-order valence-corrected chi connectivity index (χ3v) is 1.90. The van der Waals surface area contributed by atoms with E-state index in [1.807, 2.05) is 6.92 Å². The van der Waals surface area contributed by atoms with Gasteiger partial charge in [-0.3, -0.25) is 4.79 Å². The summed E-state index contributed by atoms with van der Waals surface area (Å²) < 4.78 is 0.900. The molecule has 0 fully saturated rings. The van der Waals surface area contributed by atoms with E-state index in [1.54, 1.807) is 19.0 Å². The van der Waals surface area contributed by atoms with Crippen LogP contribution in [-0.4, -0.2) is 37.5 Å². The average Bonchev–Trinajstić information content (AvgIpc) is 2.00. The molecule has 1 unspecified atom stereocenters. The molecular formula is C9H17BrN2O. The van der Waals surface area contributed by atoms with Crippen molar-refractivity contribution in [1.82, 2.24) is 10.2 Å². The molecule has 0 saturated carbocycles. The first-order valence-corrected chi connectivity index (χ1v) is 4.99. The molecule has 0 aromatic carbocycles. The van der Waals surface area contributed by atoms with E-state index in [-0.39, 0.29) is 11.9 Å². The Hall–Kier alpha value is -0.350. The van der Waals surface area contributed by atoms with Crippen LogP contribution < -0.4 is 5.32 Å². The van der Waals surface area contributed by atoms with Crippen LogP contribution in [0, 0.1) is 0 Å². The molecular weight excluding hydrogens is 232 g/mol. The van der Waals surface area contributed by atoms with Gasteiger partial charge in [0, 0.05) is 37.6 Å². The fourth-order valence-corrected chi connectivity index (χ4v) is 0.964. The Morgan fingerprint density at radius 2 is 2.15 bits per heavy atom. The summed E-state index contributed by atoms with van der Waals surface area (Å²) in [4.78, 5) is 12.8. The Morgan fingerprint density at radius 3 is 2.54 bits per heavy atom. The van der Waals surface area contributed by atoms with E-state index < -0.39 is 0 Å². The van der Waals surface area contributed by atoms with Crippen LogP contribution in [0.3, 0.4) is 0 Å². The monoisotopic (exact) mass is 248 g/mol. The standard InChI is InChI=1S/C9H17BrN2O/c1-7(10)6-11-8(2)5-9(13)12(3)4/h8,11H,1,5-6H2,2-4H3. The van der Waals surface area contributed by atoms with Gasteiger partial charge in [-0.1, -0.05) is 22.5 Å². The Balaban J connectivity index is 3.68. The Labute approximate surface area is 88.3 Å². The van der Waals surface area contributed by atoms with Gasteiger partial charge in [0.1, 0.15) is 0 Å². The summed E-state index contributed by atoms with van der Waals surface area (Å²) in [6.07, 6.45) is 0.521. The van der Waals surface area contributed by atoms with Gasteiger partial charge in [-0.2, -0.15) is 0 Å². The van der Waals surface area contributed by atoms with Crippen LogP contribution >= 0.6 is 15.9 Å². The zero-order valence-electron chi connectivity index (χ0n) is 8.43. The van der Waals surface area contributed by atoms with Gasteiger partial charge in [-0.25, -0.2) is 0 Å². The molecule has 0 bridgehead atoms. The topological polar surface area (TPSA) is 32.3 Å². The highest BCUT2D eigenvalue weighted by atomic mass is 79.9. The molecule has 1 atom stereocenters. The Morgan fingerprint density at radius 1 is 1.62 bits per heavy atom. The molecule has 3 nitrogen and oxygen atoms in total. The van der Waals surface area contributed by atoms with Gasteiger partial charge in [0.2, 0.25) is 5.91 Å². The van der Waals surface area contributed by atoms with Crippen molar-refractivity contribution < 1.29 is 4.79 Å². The van der Waals surface area contributed by atoms with Crippen molar-refractivity contribution in [3.05, 3.63) is 11.1 Å². The third-order valence-electron chi connectivity index (χ3n) is 1.62. The van der Waals surface area contributed by atoms with Crippen molar-refractivity contribution in [3.8, 4) is 0 Å². The first-order valence-electron chi connectivity index (χ1n) is 4.20. The highest BCUT2D eigenvalue weighted by molar-refractivity contribution is 9.11. The van der Waals surface area contributed by atoms with E-state index in [0.717, 1.165) is 4.48 Å². The molecule has 4 heteroatoms. The Bertz CT molecular complexity index is 192. The molecule has 0 aliphatic heterocycles. The quantitative estimate of drug-likeness (QED) is 0.797. The fraction of sp³-hybridized carbons (Fsp3) is 0.667. The van der Waals surface area contributed by atoms with Gasteiger partial charge in [-0.15, -0.1) is 0 Å². The zero-order valence-corrected chi connectivity index (χ0v) is 10.0. The molecule has 0 aromatic heterocycles. The summed E-state index contributed by atoms with van der Waals surface area (Å²) in [6, 6.07) is 0.184. The number of amides is 1. The van der Waals surface area contributed by atoms with E-state index in [1.165, 1.54) is 0 Å². The predicted octanol–water partition coefficient (Wildman–Crippen LogP) is 1.35. The van der Waals surface area contributed by atoms with Crippen molar-refractivity contribution in [1.29, 1.82) is 0 Å². The SMILES string of the molecule is C=C(Br)CNC(C)CC(=O)N(C)C. The van der Waals surface area contributed by atoms with Gasteiger partial charge in [0.05, 0.1) is 0 Å². The van der Waals surface area contributed by atoms with E-state index >= 15 is 0 Å². The number of carbonyl (C=O) groups excluding carboxylic acids is 1. The van der Waals surface area contributed by atoms with Crippen LogP contribution in [0.2, 0.25) is 0 Å². The smallest absolute Gasteiger partial charge is 0.223 e. The largest absolute Gasteiger partial charge is 0.349 e. The minimum Gasteiger partial charge on any atom is -0.349 e. The second kappa shape index (κ2) is 6.16. The second-order valence-electron chi connectivity index (χ2n) is 3.29. The average molecular weight is 249 g/mol. The lowest BCUT2D eigenvalue weighted by Gasteiger charge is -2.16. The number of halogens is 1. The van der Waals surface area contributed by atoms with Gasteiger partial charge >= 0.3 is 0 Å². The van der Waals surface area contributed by atoms with Crippen LogP contribution in [0.1, 0.15) is 13.3 Å². The van der Waals surface area contributed by atoms with Gasteiger partial charge in [0.15, 0.2) is 0 Å². The summed E-state index contributed by atoms with van der Waals surface area (Å²) in [7, 11) is 3.52. The van der Waals surface area contributed by atoms with Crippen molar-refractivity contribution in [2.45, 2.75) is 19.4 Å². The lowest BCUT2D eigenvalue weighted by atomic mass is 10.2. The molecule has 0 radical (unpaired) electrons. The van der Waals surface area contributed by atoms with Crippen molar-refractivity contribution in [3.63, 3.8) is 0 Å².